The lowest BCUT2D eigenvalue weighted by atomic mass is 9.92. The third-order valence-corrected chi connectivity index (χ3v) is 2.81. The smallest absolute Gasteiger partial charge is 0.0480 e. The Morgan fingerprint density at radius 1 is 1.50 bits per heavy atom. The number of aliphatic imine (C=N–C) groups is 1. The molecule has 2 nitrogen and oxygen atoms in total. The van der Waals surface area contributed by atoms with Gasteiger partial charge >= 0.3 is 0 Å². The van der Waals surface area contributed by atoms with Crippen LogP contribution in [0.5, 0.6) is 0 Å². The Morgan fingerprint density at radius 2 is 2.36 bits per heavy atom. The first-order chi connectivity index (χ1) is 6.81. The fraction of sp³-hybridized carbons (Fsp3) is 0.500. The minimum Gasteiger partial charge on any atom is -0.290 e. The van der Waals surface area contributed by atoms with Gasteiger partial charge in [-0.05, 0) is 31.4 Å². The lowest BCUT2D eigenvalue weighted by molar-refractivity contribution is 0.690. The minimum atomic E-state index is 0.482. The summed E-state index contributed by atoms with van der Waals surface area (Å²) in [5.41, 5.74) is 2.66. The Morgan fingerprint density at radius 3 is 3.00 bits per heavy atom. The average molecular weight is 188 g/mol. The highest BCUT2D eigenvalue weighted by molar-refractivity contribution is 5.92. The highest BCUT2D eigenvalue weighted by Gasteiger charge is 2.25. The zero-order chi connectivity index (χ0) is 9.97. The number of aromatic nitrogens is 1. The molecule has 0 saturated carbocycles. The standard InChI is InChI=1S/C12H16N2/c1-3-12-11(7-9(2)14-12)10-5-4-6-13-8-10/h4-6,8-9,11H,3,7H2,1-2H3/t9-,11-/m1/s1. The van der Waals surface area contributed by atoms with E-state index in [-0.39, 0.29) is 0 Å². The van der Waals surface area contributed by atoms with Crippen molar-refractivity contribution < 1.29 is 0 Å². The van der Waals surface area contributed by atoms with Crippen LogP contribution < -0.4 is 0 Å². The predicted molar refractivity (Wildman–Crippen MR) is 58.8 cm³/mol. The summed E-state index contributed by atoms with van der Waals surface area (Å²) in [5.74, 6) is 0.517. The van der Waals surface area contributed by atoms with Crippen molar-refractivity contribution in [2.75, 3.05) is 0 Å². The highest BCUT2D eigenvalue weighted by atomic mass is 14.8. The van der Waals surface area contributed by atoms with Gasteiger partial charge in [-0.15, -0.1) is 0 Å². The van der Waals surface area contributed by atoms with Crippen molar-refractivity contribution in [3.63, 3.8) is 0 Å². The maximum atomic E-state index is 4.65. The second-order valence-corrected chi connectivity index (χ2v) is 3.90. The molecule has 2 atom stereocenters. The van der Waals surface area contributed by atoms with Crippen molar-refractivity contribution in [3.05, 3.63) is 30.1 Å². The maximum absolute atomic E-state index is 4.65. The summed E-state index contributed by atoms with van der Waals surface area (Å²) >= 11 is 0. The van der Waals surface area contributed by atoms with Crippen LogP contribution in [-0.2, 0) is 0 Å². The molecule has 0 aromatic carbocycles. The van der Waals surface area contributed by atoms with Gasteiger partial charge in [-0.3, -0.25) is 9.98 Å². The predicted octanol–water partition coefficient (Wildman–Crippen LogP) is 2.81. The Labute approximate surface area is 85.1 Å². The molecule has 2 heteroatoms. The normalized spacial score (nSPS) is 26.3. The molecule has 0 bridgehead atoms. The number of pyridine rings is 1. The summed E-state index contributed by atoms with van der Waals surface area (Å²) in [6.07, 6.45) is 6.00. The summed E-state index contributed by atoms with van der Waals surface area (Å²) in [7, 11) is 0. The molecular weight excluding hydrogens is 172 g/mol. The molecule has 1 aliphatic rings. The Balaban J connectivity index is 2.25. The Bertz CT molecular complexity index is 329. The van der Waals surface area contributed by atoms with E-state index in [4.69, 9.17) is 0 Å². The Hall–Kier alpha value is -1.18. The van der Waals surface area contributed by atoms with Gasteiger partial charge in [0.1, 0.15) is 0 Å². The van der Waals surface area contributed by atoms with Crippen LogP contribution in [0.3, 0.4) is 0 Å². The maximum Gasteiger partial charge on any atom is 0.0480 e. The lowest BCUT2D eigenvalue weighted by Gasteiger charge is -2.11. The molecule has 1 aromatic heterocycles. The van der Waals surface area contributed by atoms with E-state index in [9.17, 15) is 0 Å². The first-order valence-electron chi connectivity index (χ1n) is 5.27. The van der Waals surface area contributed by atoms with E-state index in [1.54, 1.807) is 0 Å². The van der Waals surface area contributed by atoms with Crippen LogP contribution in [0.15, 0.2) is 29.5 Å². The van der Waals surface area contributed by atoms with Crippen molar-refractivity contribution in [3.8, 4) is 0 Å². The van der Waals surface area contributed by atoms with E-state index in [0.29, 0.717) is 12.0 Å². The molecule has 14 heavy (non-hydrogen) atoms. The fourth-order valence-electron chi connectivity index (χ4n) is 2.15. The molecule has 0 spiro atoms. The molecule has 0 saturated heterocycles. The van der Waals surface area contributed by atoms with E-state index in [2.05, 4.69) is 29.9 Å². The molecule has 0 amide bonds. The summed E-state index contributed by atoms with van der Waals surface area (Å²) in [4.78, 5) is 8.82. The van der Waals surface area contributed by atoms with Crippen molar-refractivity contribution >= 4 is 5.71 Å². The molecule has 0 aliphatic carbocycles. The SMILES string of the molecule is CCC1=N[C@H](C)C[C@@H]1c1cccnc1. The molecule has 2 rings (SSSR count). The van der Waals surface area contributed by atoms with Gasteiger partial charge in [0.25, 0.3) is 0 Å². The summed E-state index contributed by atoms with van der Waals surface area (Å²) in [6.45, 7) is 4.37. The average Bonchev–Trinajstić information content (AvgIpc) is 2.61. The number of hydrogen-bond acceptors (Lipinski definition) is 2. The lowest BCUT2D eigenvalue weighted by Crippen LogP contribution is -2.07. The topological polar surface area (TPSA) is 25.2 Å². The van der Waals surface area contributed by atoms with Gasteiger partial charge in [0.15, 0.2) is 0 Å². The van der Waals surface area contributed by atoms with Crippen molar-refractivity contribution in [2.45, 2.75) is 38.6 Å². The van der Waals surface area contributed by atoms with Crippen LogP contribution in [0, 0.1) is 0 Å². The van der Waals surface area contributed by atoms with Gasteiger partial charge in [0, 0.05) is 30.1 Å². The molecule has 74 valence electrons. The van der Waals surface area contributed by atoms with E-state index in [1.165, 1.54) is 11.3 Å². The summed E-state index contributed by atoms with van der Waals surface area (Å²) in [6, 6.07) is 4.64. The van der Waals surface area contributed by atoms with E-state index in [1.807, 2.05) is 18.5 Å². The summed E-state index contributed by atoms with van der Waals surface area (Å²) in [5, 5.41) is 0. The Kier molecular flexibility index (Phi) is 2.62. The van der Waals surface area contributed by atoms with Crippen molar-refractivity contribution in [1.82, 2.24) is 4.98 Å². The summed E-state index contributed by atoms with van der Waals surface area (Å²) < 4.78 is 0. The van der Waals surface area contributed by atoms with E-state index >= 15 is 0 Å². The van der Waals surface area contributed by atoms with Crippen LogP contribution in [0.4, 0.5) is 0 Å². The number of rotatable bonds is 2. The van der Waals surface area contributed by atoms with Crippen LogP contribution >= 0.6 is 0 Å². The first kappa shape index (κ1) is 9.38. The van der Waals surface area contributed by atoms with Crippen molar-refractivity contribution in [1.29, 1.82) is 0 Å². The van der Waals surface area contributed by atoms with Crippen LogP contribution in [-0.4, -0.2) is 16.7 Å². The van der Waals surface area contributed by atoms with E-state index in [0.717, 1.165) is 12.8 Å². The van der Waals surface area contributed by atoms with E-state index < -0.39 is 0 Å². The molecule has 2 heterocycles. The molecule has 0 N–H and O–H groups in total. The van der Waals surface area contributed by atoms with Crippen LogP contribution in [0.25, 0.3) is 0 Å². The minimum absolute atomic E-state index is 0.482. The zero-order valence-electron chi connectivity index (χ0n) is 8.77. The molecule has 1 aromatic rings. The second kappa shape index (κ2) is 3.91. The number of nitrogens with zero attached hydrogens (tertiary/aromatic N) is 2. The van der Waals surface area contributed by atoms with Crippen LogP contribution in [0.2, 0.25) is 0 Å². The van der Waals surface area contributed by atoms with Gasteiger partial charge in [0.05, 0.1) is 0 Å². The third kappa shape index (κ3) is 1.69. The zero-order valence-corrected chi connectivity index (χ0v) is 8.77. The molecule has 0 fully saturated rings. The highest BCUT2D eigenvalue weighted by Crippen LogP contribution is 2.30. The second-order valence-electron chi connectivity index (χ2n) is 3.90. The quantitative estimate of drug-likeness (QED) is 0.700. The largest absolute Gasteiger partial charge is 0.290 e. The molecular formula is C12H16N2. The first-order valence-corrected chi connectivity index (χ1v) is 5.27. The monoisotopic (exact) mass is 188 g/mol. The van der Waals surface area contributed by atoms with Gasteiger partial charge in [-0.2, -0.15) is 0 Å². The molecule has 1 aliphatic heterocycles. The van der Waals surface area contributed by atoms with Gasteiger partial charge in [0.2, 0.25) is 0 Å². The van der Waals surface area contributed by atoms with Gasteiger partial charge in [-0.25, -0.2) is 0 Å². The fourth-order valence-corrected chi connectivity index (χ4v) is 2.15. The van der Waals surface area contributed by atoms with Gasteiger partial charge in [-0.1, -0.05) is 13.0 Å². The number of hydrogen-bond donors (Lipinski definition) is 0. The molecule has 0 unspecified atom stereocenters. The third-order valence-electron chi connectivity index (χ3n) is 2.81. The van der Waals surface area contributed by atoms with Crippen LogP contribution in [0.1, 0.15) is 38.2 Å². The molecule has 0 radical (unpaired) electrons. The van der Waals surface area contributed by atoms with Gasteiger partial charge < -0.3 is 0 Å². The van der Waals surface area contributed by atoms with Crippen molar-refractivity contribution in [2.24, 2.45) is 4.99 Å².